The van der Waals surface area contributed by atoms with Crippen LogP contribution in [0.1, 0.15) is 44.1 Å². The maximum Gasteiger partial charge on any atom is 0.140 e. The summed E-state index contributed by atoms with van der Waals surface area (Å²) in [6.07, 6.45) is 6.14. The summed E-state index contributed by atoms with van der Waals surface area (Å²) in [6.45, 7) is 3.38. The van der Waals surface area contributed by atoms with E-state index in [4.69, 9.17) is 0 Å². The molecule has 0 unspecified atom stereocenters. The molecule has 3 heteroatoms. The zero-order valence-electron chi connectivity index (χ0n) is 13.6. The van der Waals surface area contributed by atoms with E-state index in [2.05, 4.69) is 11.8 Å². The van der Waals surface area contributed by atoms with Crippen LogP contribution in [-0.2, 0) is 9.36 Å². The van der Waals surface area contributed by atoms with Gasteiger partial charge in [-0.15, -0.1) is 0 Å². The number of carbonyl (C=O) groups is 1. The number of rotatable bonds is 6. The van der Waals surface area contributed by atoms with Crippen LogP contribution < -0.4 is 0 Å². The van der Waals surface area contributed by atoms with Gasteiger partial charge in [0.2, 0.25) is 0 Å². The molecule has 1 aromatic rings. The molecule has 1 saturated carbocycles. The molecule has 2 nitrogen and oxygen atoms in total. The Kier molecular flexibility index (Phi) is 5.65. The Balaban J connectivity index is 1.86. The van der Waals surface area contributed by atoms with Gasteiger partial charge < -0.3 is 4.57 Å². The summed E-state index contributed by atoms with van der Waals surface area (Å²) in [5, 5.41) is 0. The van der Waals surface area contributed by atoms with E-state index in [-0.39, 0.29) is 17.4 Å². The first-order chi connectivity index (χ1) is 10.4. The summed E-state index contributed by atoms with van der Waals surface area (Å²) in [7, 11) is -2.23. The quantitative estimate of drug-likeness (QED) is 0.569. The number of ketones is 1. The lowest BCUT2D eigenvalue weighted by Gasteiger charge is -2.40. The predicted molar refractivity (Wildman–Crippen MR) is 92.8 cm³/mol. The Bertz CT molecular complexity index is 612. The van der Waals surface area contributed by atoms with E-state index in [1.165, 1.54) is 19.3 Å². The van der Waals surface area contributed by atoms with Crippen molar-refractivity contribution in [3.05, 3.63) is 35.9 Å². The van der Waals surface area contributed by atoms with Crippen molar-refractivity contribution in [2.24, 2.45) is 5.41 Å². The minimum atomic E-state index is -2.23. The summed E-state index contributed by atoms with van der Waals surface area (Å²) in [4.78, 5) is 11.9. The topological polar surface area (TPSA) is 34.1 Å². The lowest BCUT2D eigenvalue weighted by molar-refractivity contribution is -0.117. The first-order valence-corrected chi connectivity index (χ1v) is 10.8. The van der Waals surface area contributed by atoms with Crippen molar-refractivity contribution in [3.63, 3.8) is 0 Å². The highest BCUT2D eigenvalue weighted by atomic mass is 31.2. The number of carbonyl (C=O) groups excluding carboxylic acids is 1. The normalized spacial score (nSPS) is 16.3. The van der Waals surface area contributed by atoms with E-state index in [1.54, 1.807) is 13.3 Å². The van der Waals surface area contributed by atoms with E-state index >= 15 is 0 Å². The largest absolute Gasteiger partial charge is 0.324 e. The molecule has 1 fully saturated rings. The van der Waals surface area contributed by atoms with Gasteiger partial charge in [0.1, 0.15) is 5.78 Å². The van der Waals surface area contributed by atoms with Crippen molar-refractivity contribution < 1.29 is 9.36 Å². The summed E-state index contributed by atoms with van der Waals surface area (Å²) in [5.41, 5.74) is 1.27. The third-order valence-corrected chi connectivity index (χ3v) is 5.49. The number of Topliss-reactive ketones (excluding diaryl/α,β-unsaturated/α-hetero) is 1. The number of hydrogen-bond donors (Lipinski definition) is 0. The summed E-state index contributed by atoms with van der Waals surface area (Å²) < 4.78 is 11.7. The van der Waals surface area contributed by atoms with Crippen LogP contribution in [-0.4, -0.2) is 25.3 Å². The minimum Gasteiger partial charge on any atom is -0.324 e. The standard InChI is InChI=1S/C19H25O2P/c1-22(2,21)16-18(20)11-15-19(13-7-14-19)12-6-10-17-8-4-3-5-9-17/h3-5,8-9H,7,11-16H2,1-2H3. The van der Waals surface area contributed by atoms with Crippen LogP contribution in [0, 0.1) is 17.3 Å². The van der Waals surface area contributed by atoms with Gasteiger partial charge in [0.25, 0.3) is 0 Å². The van der Waals surface area contributed by atoms with Crippen molar-refractivity contribution >= 4 is 12.9 Å². The number of benzene rings is 1. The third kappa shape index (κ3) is 5.47. The molecule has 0 aromatic heterocycles. The monoisotopic (exact) mass is 316 g/mol. The van der Waals surface area contributed by atoms with E-state index in [1.807, 2.05) is 30.3 Å². The van der Waals surface area contributed by atoms with Crippen LogP contribution in [0.3, 0.4) is 0 Å². The van der Waals surface area contributed by atoms with Crippen molar-refractivity contribution in [1.82, 2.24) is 0 Å². The molecule has 118 valence electrons. The van der Waals surface area contributed by atoms with Gasteiger partial charge in [-0.1, -0.05) is 36.5 Å². The molecule has 1 aliphatic carbocycles. The molecule has 2 rings (SSSR count). The van der Waals surface area contributed by atoms with Crippen molar-refractivity contribution in [2.45, 2.75) is 38.5 Å². The second-order valence-electron chi connectivity index (χ2n) is 6.97. The van der Waals surface area contributed by atoms with Crippen LogP contribution in [0.4, 0.5) is 0 Å². The second-order valence-corrected chi connectivity index (χ2v) is 10.4. The first-order valence-electron chi connectivity index (χ1n) is 7.98. The number of hydrogen-bond acceptors (Lipinski definition) is 2. The predicted octanol–water partition coefficient (Wildman–Crippen LogP) is 4.57. The van der Waals surface area contributed by atoms with E-state index in [0.717, 1.165) is 18.4 Å². The average molecular weight is 316 g/mol. The fourth-order valence-corrected chi connectivity index (χ4v) is 3.96. The SMILES string of the molecule is CP(C)(=O)CC(=O)CCC1(CC#Cc2ccccc2)CCC1. The molecule has 0 aliphatic heterocycles. The van der Waals surface area contributed by atoms with Gasteiger partial charge in [0, 0.05) is 18.4 Å². The van der Waals surface area contributed by atoms with Crippen LogP contribution in [0.25, 0.3) is 0 Å². The minimum absolute atomic E-state index is 0.149. The summed E-state index contributed by atoms with van der Waals surface area (Å²) in [6, 6.07) is 10.0. The van der Waals surface area contributed by atoms with Crippen molar-refractivity contribution in [3.8, 4) is 11.8 Å². The fraction of sp³-hybridized carbons (Fsp3) is 0.526. The van der Waals surface area contributed by atoms with Gasteiger partial charge in [-0.3, -0.25) is 4.79 Å². The highest BCUT2D eigenvalue weighted by molar-refractivity contribution is 7.63. The Hall–Kier alpha value is -1.32. The zero-order chi connectivity index (χ0) is 16.1. The second kappa shape index (κ2) is 7.30. The molecule has 0 radical (unpaired) electrons. The van der Waals surface area contributed by atoms with Crippen LogP contribution in [0.2, 0.25) is 0 Å². The van der Waals surface area contributed by atoms with Gasteiger partial charge in [-0.25, -0.2) is 0 Å². The van der Waals surface area contributed by atoms with Gasteiger partial charge >= 0.3 is 0 Å². The van der Waals surface area contributed by atoms with Crippen molar-refractivity contribution in [1.29, 1.82) is 0 Å². The molecular formula is C19H25O2P. The molecule has 0 amide bonds. The Labute approximate surface area is 134 Å². The van der Waals surface area contributed by atoms with E-state index in [0.29, 0.717) is 6.42 Å². The summed E-state index contributed by atoms with van der Waals surface area (Å²) >= 11 is 0. The van der Waals surface area contributed by atoms with Crippen LogP contribution >= 0.6 is 7.14 Å². The molecule has 0 spiro atoms. The fourth-order valence-electron chi connectivity index (χ4n) is 2.96. The van der Waals surface area contributed by atoms with Crippen LogP contribution in [0.15, 0.2) is 30.3 Å². The van der Waals surface area contributed by atoms with Crippen LogP contribution in [0.5, 0.6) is 0 Å². The zero-order valence-corrected chi connectivity index (χ0v) is 14.5. The molecule has 1 aliphatic rings. The maximum absolute atomic E-state index is 11.9. The van der Waals surface area contributed by atoms with Gasteiger partial charge in [0.15, 0.2) is 0 Å². The molecule has 22 heavy (non-hydrogen) atoms. The van der Waals surface area contributed by atoms with Gasteiger partial charge in [-0.2, -0.15) is 0 Å². The third-order valence-electron chi connectivity index (χ3n) is 4.38. The molecule has 0 bridgehead atoms. The van der Waals surface area contributed by atoms with E-state index in [9.17, 15) is 9.36 Å². The van der Waals surface area contributed by atoms with Gasteiger partial charge in [-0.05, 0) is 50.1 Å². The molecule has 0 heterocycles. The van der Waals surface area contributed by atoms with E-state index < -0.39 is 7.14 Å². The molecule has 1 aromatic carbocycles. The maximum atomic E-state index is 11.9. The Morgan fingerprint density at radius 3 is 2.45 bits per heavy atom. The Morgan fingerprint density at radius 1 is 1.23 bits per heavy atom. The molecule has 0 saturated heterocycles. The highest BCUT2D eigenvalue weighted by Gasteiger charge is 2.36. The Morgan fingerprint density at radius 2 is 1.91 bits per heavy atom. The lowest BCUT2D eigenvalue weighted by atomic mass is 9.64. The highest BCUT2D eigenvalue weighted by Crippen LogP contribution is 2.48. The molecule has 0 N–H and O–H groups in total. The smallest absolute Gasteiger partial charge is 0.140 e. The molecule has 0 atom stereocenters. The van der Waals surface area contributed by atoms with Crippen molar-refractivity contribution in [2.75, 3.05) is 19.5 Å². The van der Waals surface area contributed by atoms with Gasteiger partial charge in [0.05, 0.1) is 13.3 Å². The summed E-state index contributed by atoms with van der Waals surface area (Å²) in [5.74, 6) is 6.66. The first kappa shape index (κ1) is 17.0. The molecular weight excluding hydrogens is 291 g/mol. The lowest BCUT2D eigenvalue weighted by Crippen LogP contribution is -2.30. The average Bonchev–Trinajstić information content (AvgIpc) is 2.40.